The maximum atomic E-state index is 12.9. The average Bonchev–Trinajstić information content (AvgIpc) is 3.05. The molecule has 1 atom stereocenters. The number of fused-ring (bicyclic) bond motifs is 1. The number of carbonyl (C=O) groups excluding carboxylic acids is 1. The van der Waals surface area contributed by atoms with Crippen molar-refractivity contribution in [2.24, 2.45) is 5.92 Å². The minimum atomic E-state index is -0.0894. The maximum Gasteiger partial charge on any atom is 0.272 e. The number of hydrogen-bond donors (Lipinski definition) is 0. The molecule has 0 N–H and O–H groups in total. The van der Waals surface area contributed by atoms with E-state index < -0.39 is 0 Å². The molecule has 4 heterocycles. The number of carbonyl (C=O) groups is 1. The van der Waals surface area contributed by atoms with E-state index in [1.54, 1.807) is 41.8 Å². The van der Waals surface area contributed by atoms with Crippen LogP contribution in [0.5, 0.6) is 5.75 Å². The van der Waals surface area contributed by atoms with Gasteiger partial charge in [-0.3, -0.25) is 14.8 Å². The summed E-state index contributed by atoms with van der Waals surface area (Å²) in [5.74, 6) is 1.65. The Kier molecular flexibility index (Phi) is 4.59. The average molecular weight is 349 g/mol. The third kappa shape index (κ3) is 3.56. The van der Waals surface area contributed by atoms with E-state index in [0.717, 1.165) is 18.1 Å². The molecule has 0 saturated heterocycles. The van der Waals surface area contributed by atoms with Gasteiger partial charge < -0.3 is 14.2 Å². The van der Waals surface area contributed by atoms with Crippen molar-refractivity contribution in [1.29, 1.82) is 0 Å². The summed E-state index contributed by atoms with van der Waals surface area (Å²) in [6.07, 6.45) is 8.75. The minimum absolute atomic E-state index is 0.0894. The smallest absolute Gasteiger partial charge is 0.272 e. The zero-order chi connectivity index (χ0) is 17.8. The second kappa shape index (κ2) is 7.35. The standard InChI is InChI=1S/C19H19N5O2/c25-19(17-5-1-2-7-21-17)24-12-15(11-23-9-8-22-18(23)13-24)14-26-16-4-3-6-20-10-16/h1-10,15H,11-14H2/t15-/m0/s1. The fourth-order valence-corrected chi connectivity index (χ4v) is 3.10. The van der Waals surface area contributed by atoms with Crippen LogP contribution in [-0.4, -0.2) is 43.5 Å². The first kappa shape index (κ1) is 16.3. The van der Waals surface area contributed by atoms with Gasteiger partial charge in [0.1, 0.15) is 17.3 Å². The van der Waals surface area contributed by atoms with Crippen molar-refractivity contribution in [2.45, 2.75) is 13.1 Å². The van der Waals surface area contributed by atoms with Gasteiger partial charge in [-0.1, -0.05) is 6.07 Å². The van der Waals surface area contributed by atoms with Crippen LogP contribution in [-0.2, 0) is 13.1 Å². The highest BCUT2D eigenvalue weighted by Crippen LogP contribution is 2.19. The maximum absolute atomic E-state index is 12.9. The van der Waals surface area contributed by atoms with Gasteiger partial charge in [-0.2, -0.15) is 0 Å². The molecule has 1 aliphatic rings. The quantitative estimate of drug-likeness (QED) is 0.720. The van der Waals surface area contributed by atoms with Crippen LogP contribution in [0.3, 0.4) is 0 Å². The lowest BCUT2D eigenvalue weighted by Gasteiger charge is -2.23. The van der Waals surface area contributed by atoms with Gasteiger partial charge in [-0.15, -0.1) is 0 Å². The Bertz CT molecular complexity index is 866. The third-order valence-electron chi connectivity index (χ3n) is 4.36. The van der Waals surface area contributed by atoms with Crippen LogP contribution in [0.4, 0.5) is 0 Å². The molecule has 0 bridgehead atoms. The van der Waals surface area contributed by atoms with E-state index in [1.165, 1.54) is 0 Å². The molecule has 1 aliphatic heterocycles. The zero-order valence-corrected chi connectivity index (χ0v) is 14.2. The summed E-state index contributed by atoms with van der Waals surface area (Å²) < 4.78 is 7.96. The third-order valence-corrected chi connectivity index (χ3v) is 4.36. The number of imidazole rings is 1. The number of pyridine rings is 2. The highest BCUT2D eigenvalue weighted by atomic mass is 16.5. The Morgan fingerprint density at radius 2 is 2.08 bits per heavy atom. The molecule has 3 aromatic heterocycles. The number of aromatic nitrogens is 4. The van der Waals surface area contributed by atoms with Crippen LogP contribution in [0.25, 0.3) is 0 Å². The van der Waals surface area contributed by atoms with E-state index in [-0.39, 0.29) is 11.8 Å². The summed E-state index contributed by atoms with van der Waals surface area (Å²) in [5, 5.41) is 0. The van der Waals surface area contributed by atoms with E-state index in [2.05, 4.69) is 19.5 Å². The molecule has 132 valence electrons. The normalized spacial score (nSPS) is 16.6. The van der Waals surface area contributed by atoms with Gasteiger partial charge in [0.25, 0.3) is 5.91 Å². The number of ether oxygens (including phenoxy) is 1. The SMILES string of the molecule is O=C(c1ccccn1)N1Cc2nccn2C[C@H](COc2cccnc2)C1. The molecular formula is C19H19N5O2. The first-order valence-corrected chi connectivity index (χ1v) is 8.53. The summed E-state index contributed by atoms with van der Waals surface area (Å²) >= 11 is 0. The van der Waals surface area contributed by atoms with Crippen molar-refractivity contribution in [1.82, 2.24) is 24.4 Å². The number of hydrogen-bond acceptors (Lipinski definition) is 5. The van der Waals surface area contributed by atoms with E-state index in [4.69, 9.17) is 4.74 Å². The number of amides is 1. The first-order valence-electron chi connectivity index (χ1n) is 8.53. The number of nitrogens with zero attached hydrogens (tertiary/aromatic N) is 5. The molecule has 0 spiro atoms. The summed E-state index contributed by atoms with van der Waals surface area (Å²) in [6, 6.07) is 9.08. The fraction of sp³-hybridized carbons (Fsp3) is 0.263. The Balaban J connectivity index is 1.53. The molecule has 0 aromatic carbocycles. The van der Waals surface area contributed by atoms with Crippen molar-refractivity contribution in [2.75, 3.05) is 13.2 Å². The fourth-order valence-electron chi connectivity index (χ4n) is 3.10. The van der Waals surface area contributed by atoms with Crippen molar-refractivity contribution in [3.63, 3.8) is 0 Å². The van der Waals surface area contributed by atoms with E-state index in [1.807, 2.05) is 24.4 Å². The zero-order valence-electron chi connectivity index (χ0n) is 14.2. The Morgan fingerprint density at radius 1 is 1.12 bits per heavy atom. The Hall–Kier alpha value is -3.22. The van der Waals surface area contributed by atoms with Gasteiger partial charge in [-0.25, -0.2) is 4.98 Å². The minimum Gasteiger partial charge on any atom is -0.492 e. The van der Waals surface area contributed by atoms with Gasteiger partial charge in [0.05, 0.1) is 19.3 Å². The van der Waals surface area contributed by atoms with Crippen LogP contribution < -0.4 is 4.74 Å². The number of rotatable bonds is 4. The van der Waals surface area contributed by atoms with Crippen LogP contribution in [0.1, 0.15) is 16.3 Å². The second-order valence-corrected chi connectivity index (χ2v) is 6.26. The molecule has 0 fully saturated rings. The van der Waals surface area contributed by atoms with Crippen LogP contribution in [0.2, 0.25) is 0 Å². The van der Waals surface area contributed by atoms with Crippen molar-refractivity contribution in [3.8, 4) is 5.75 Å². The predicted molar refractivity (Wildman–Crippen MR) is 94.4 cm³/mol. The molecule has 4 rings (SSSR count). The molecule has 0 radical (unpaired) electrons. The van der Waals surface area contributed by atoms with Gasteiger partial charge >= 0.3 is 0 Å². The van der Waals surface area contributed by atoms with E-state index >= 15 is 0 Å². The largest absolute Gasteiger partial charge is 0.492 e. The Morgan fingerprint density at radius 3 is 2.88 bits per heavy atom. The van der Waals surface area contributed by atoms with Gasteiger partial charge in [0.15, 0.2) is 0 Å². The molecule has 26 heavy (non-hydrogen) atoms. The Labute approximate surface area is 151 Å². The summed E-state index contributed by atoms with van der Waals surface area (Å²) in [6.45, 7) is 2.29. The molecule has 7 nitrogen and oxygen atoms in total. The topological polar surface area (TPSA) is 73.1 Å². The van der Waals surface area contributed by atoms with Crippen molar-refractivity contribution in [3.05, 3.63) is 72.8 Å². The lowest BCUT2D eigenvalue weighted by Crippen LogP contribution is -2.36. The molecule has 7 heteroatoms. The highest BCUT2D eigenvalue weighted by molar-refractivity contribution is 5.92. The lowest BCUT2D eigenvalue weighted by atomic mass is 10.1. The summed E-state index contributed by atoms with van der Waals surface area (Å²) in [5.41, 5.74) is 0.444. The molecule has 0 saturated carbocycles. The van der Waals surface area contributed by atoms with Crippen LogP contribution in [0.15, 0.2) is 61.3 Å². The highest BCUT2D eigenvalue weighted by Gasteiger charge is 2.27. The van der Waals surface area contributed by atoms with Crippen molar-refractivity contribution >= 4 is 5.91 Å². The van der Waals surface area contributed by atoms with Crippen molar-refractivity contribution < 1.29 is 9.53 Å². The molecule has 1 amide bonds. The lowest BCUT2D eigenvalue weighted by molar-refractivity contribution is 0.0694. The van der Waals surface area contributed by atoms with Crippen LogP contribution in [0, 0.1) is 5.92 Å². The first-order chi connectivity index (χ1) is 12.8. The van der Waals surface area contributed by atoms with Gasteiger partial charge in [-0.05, 0) is 24.3 Å². The van der Waals surface area contributed by atoms with Crippen LogP contribution >= 0.6 is 0 Å². The summed E-state index contributed by atoms with van der Waals surface area (Å²) in [4.78, 5) is 27.3. The van der Waals surface area contributed by atoms with E-state index in [0.29, 0.717) is 25.4 Å². The molecule has 0 unspecified atom stereocenters. The monoisotopic (exact) mass is 349 g/mol. The van der Waals surface area contributed by atoms with Gasteiger partial charge in [0, 0.05) is 43.8 Å². The molecule has 3 aromatic rings. The second-order valence-electron chi connectivity index (χ2n) is 6.26. The summed E-state index contributed by atoms with van der Waals surface area (Å²) in [7, 11) is 0. The molecular weight excluding hydrogens is 330 g/mol. The molecule has 0 aliphatic carbocycles. The predicted octanol–water partition coefficient (Wildman–Crippen LogP) is 2.02. The van der Waals surface area contributed by atoms with Gasteiger partial charge in [0.2, 0.25) is 0 Å². The van der Waals surface area contributed by atoms with E-state index in [9.17, 15) is 4.79 Å².